The number of hydrogen-bond acceptors (Lipinski definition) is 4. The zero-order valence-corrected chi connectivity index (χ0v) is 14.8. The maximum atomic E-state index is 13.6. The van der Waals surface area contributed by atoms with E-state index in [-0.39, 0.29) is 16.3 Å². The summed E-state index contributed by atoms with van der Waals surface area (Å²) in [5, 5.41) is 2.53. The fraction of sp³-hybridized carbons (Fsp3) is 0.176. The van der Waals surface area contributed by atoms with Gasteiger partial charge in [-0.15, -0.1) is 0 Å². The van der Waals surface area contributed by atoms with Gasteiger partial charge in [0.25, 0.3) is 5.91 Å². The molecule has 0 bridgehead atoms. The molecule has 25 heavy (non-hydrogen) atoms. The number of benzene rings is 2. The maximum Gasteiger partial charge on any atom is 0.339 e. The highest BCUT2D eigenvalue weighted by Gasteiger charge is 2.17. The lowest BCUT2D eigenvalue weighted by Crippen LogP contribution is -2.22. The fourth-order valence-electron chi connectivity index (χ4n) is 1.98. The van der Waals surface area contributed by atoms with E-state index in [1.165, 1.54) is 18.2 Å². The van der Waals surface area contributed by atoms with E-state index in [0.29, 0.717) is 10.6 Å². The largest absolute Gasteiger partial charge is 0.452 e. The molecule has 8 heteroatoms. The van der Waals surface area contributed by atoms with Crippen molar-refractivity contribution in [3.8, 4) is 0 Å². The molecule has 0 aliphatic carbocycles. The van der Waals surface area contributed by atoms with Crippen molar-refractivity contribution in [2.24, 2.45) is 0 Å². The smallest absolute Gasteiger partial charge is 0.339 e. The molecule has 0 saturated carbocycles. The molecule has 2 aromatic carbocycles. The molecular formula is C17H15ClFNO4S. The van der Waals surface area contributed by atoms with Crippen LogP contribution >= 0.6 is 11.6 Å². The average molecular weight is 384 g/mol. The van der Waals surface area contributed by atoms with Gasteiger partial charge in [0.15, 0.2) is 6.61 Å². The molecule has 132 valence electrons. The van der Waals surface area contributed by atoms with Crippen molar-refractivity contribution in [2.75, 3.05) is 17.7 Å². The van der Waals surface area contributed by atoms with Crippen LogP contribution in [-0.2, 0) is 20.3 Å². The Morgan fingerprint density at radius 1 is 1.24 bits per heavy atom. The summed E-state index contributed by atoms with van der Waals surface area (Å²) in [6.07, 6.45) is 0. The van der Waals surface area contributed by atoms with E-state index in [1.54, 1.807) is 25.1 Å². The van der Waals surface area contributed by atoms with Gasteiger partial charge in [-0.05, 0) is 30.3 Å². The Bertz CT molecular complexity index is 828. The van der Waals surface area contributed by atoms with E-state index in [1.807, 2.05) is 0 Å². The second kappa shape index (κ2) is 8.73. The highest BCUT2D eigenvalue weighted by molar-refractivity contribution is 7.85. The van der Waals surface area contributed by atoms with Crippen LogP contribution in [0.2, 0.25) is 5.02 Å². The highest BCUT2D eigenvalue weighted by Crippen LogP contribution is 2.19. The van der Waals surface area contributed by atoms with Crippen molar-refractivity contribution < 1.29 is 22.9 Å². The van der Waals surface area contributed by atoms with E-state index < -0.39 is 35.1 Å². The Morgan fingerprint density at radius 3 is 2.68 bits per heavy atom. The average Bonchev–Trinajstić information content (AvgIpc) is 2.62. The van der Waals surface area contributed by atoms with Gasteiger partial charge in [-0.2, -0.15) is 0 Å². The monoisotopic (exact) mass is 383 g/mol. The summed E-state index contributed by atoms with van der Waals surface area (Å²) in [5.41, 5.74) is 0.0189. The molecule has 0 fully saturated rings. The summed E-state index contributed by atoms with van der Waals surface area (Å²) in [7, 11) is -1.34. The normalized spacial score (nSPS) is 11.6. The molecule has 0 spiro atoms. The first-order valence-electron chi connectivity index (χ1n) is 7.31. The summed E-state index contributed by atoms with van der Waals surface area (Å²) >= 11 is 5.74. The fourth-order valence-corrected chi connectivity index (χ4v) is 3.09. The van der Waals surface area contributed by atoms with E-state index >= 15 is 0 Å². The number of carbonyl (C=O) groups excluding carboxylic acids is 2. The van der Waals surface area contributed by atoms with Crippen molar-refractivity contribution in [3.05, 3.63) is 58.9 Å². The Labute approximate surface area is 151 Å². The van der Waals surface area contributed by atoms with Gasteiger partial charge in [-0.25, -0.2) is 9.18 Å². The Balaban J connectivity index is 2.02. The third kappa shape index (κ3) is 5.11. The summed E-state index contributed by atoms with van der Waals surface area (Å²) in [5.74, 6) is -1.81. The number of esters is 1. The van der Waals surface area contributed by atoms with Crippen molar-refractivity contribution >= 4 is 40.0 Å². The number of carbonyl (C=O) groups is 2. The first-order valence-corrected chi connectivity index (χ1v) is 9.01. The SMILES string of the molecule is CCS(=O)c1ccccc1C(=O)OCC(=O)Nc1cc(Cl)ccc1F. The summed E-state index contributed by atoms with van der Waals surface area (Å²) in [6, 6.07) is 10.0. The number of amides is 1. The molecule has 0 aliphatic rings. The summed E-state index contributed by atoms with van der Waals surface area (Å²) < 4.78 is 30.4. The van der Waals surface area contributed by atoms with Gasteiger partial charge < -0.3 is 10.1 Å². The van der Waals surface area contributed by atoms with Crippen molar-refractivity contribution in [3.63, 3.8) is 0 Å². The first-order chi connectivity index (χ1) is 11.9. The second-order valence-corrected chi connectivity index (χ2v) is 7.02. The van der Waals surface area contributed by atoms with Gasteiger partial charge in [0.05, 0.1) is 26.9 Å². The van der Waals surface area contributed by atoms with Crippen LogP contribution in [0.1, 0.15) is 17.3 Å². The number of nitrogens with one attached hydrogen (secondary N) is 1. The quantitative estimate of drug-likeness (QED) is 0.776. The number of ether oxygens (including phenoxy) is 1. The van der Waals surface area contributed by atoms with Crippen molar-refractivity contribution in [1.29, 1.82) is 0 Å². The number of hydrogen-bond donors (Lipinski definition) is 1. The zero-order chi connectivity index (χ0) is 18.4. The second-order valence-electron chi connectivity index (χ2n) is 4.88. The minimum absolute atomic E-state index is 0.110. The van der Waals surface area contributed by atoms with Crippen molar-refractivity contribution in [1.82, 2.24) is 0 Å². The lowest BCUT2D eigenvalue weighted by atomic mass is 10.2. The van der Waals surface area contributed by atoms with E-state index in [9.17, 15) is 18.2 Å². The minimum Gasteiger partial charge on any atom is -0.452 e. The Kier molecular flexibility index (Phi) is 6.66. The minimum atomic E-state index is -1.34. The maximum absolute atomic E-state index is 13.6. The third-order valence-electron chi connectivity index (χ3n) is 3.15. The summed E-state index contributed by atoms with van der Waals surface area (Å²) in [6.45, 7) is 1.11. The Hall–Kier alpha value is -2.25. The first kappa shape index (κ1) is 19.1. The van der Waals surface area contributed by atoms with E-state index in [4.69, 9.17) is 16.3 Å². The molecule has 0 heterocycles. The molecule has 2 aromatic rings. The molecule has 1 atom stereocenters. The van der Waals surface area contributed by atoms with Crippen LogP contribution < -0.4 is 5.32 Å². The van der Waals surface area contributed by atoms with Gasteiger partial charge in [0.2, 0.25) is 0 Å². The molecule has 1 amide bonds. The molecule has 0 radical (unpaired) electrons. The molecule has 1 N–H and O–H groups in total. The van der Waals surface area contributed by atoms with Crippen LogP contribution in [0, 0.1) is 5.82 Å². The molecule has 0 saturated heterocycles. The summed E-state index contributed by atoms with van der Waals surface area (Å²) in [4.78, 5) is 24.3. The molecule has 5 nitrogen and oxygen atoms in total. The molecule has 2 rings (SSSR count). The third-order valence-corrected chi connectivity index (χ3v) is 4.76. The lowest BCUT2D eigenvalue weighted by Gasteiger charge is -2.10. The van der Waals surface area contributed by atoms with Crippen LogP contribution in [0.25, 0.3) is 0 Å². The van der Waals surface area contributed by atoms with Crippen LogP contribution in [0.15, 0.2) is 47.4 Å². The van der Waals surface area contributed by atoms with Gasteiger partial charge >= 0.3 is 5.97 Å². The van der Waals surface area contributed by atoms with Crippen LogP contribution in [0.3, 0.4) is 0 Å². The molecule has 1 unspecified atom stereocenters. The standard InChI is InChI=1S/C17H15ClFNO4S/c1-2-25(23)15-6-4-3-5-12(15)17(22)24-10-16(21)20-14-9-11(18)7-8-13(14)19/h3-9H,2,10H2,1H3,(H,20,21). The lowest BCUT2D eigenvalue weighted by molar-refractivity contribution is -0.119. The van der Waals surface area contributed by atoms with Gasteiger partial charge in [-0.1, -0.05) is 30.7 Å². The molecule has 0 aromatic heterocycles. The van der Waals surface area contributed by atoms with E-state index in [0.717, 1.165) is 6.07 Å². The van der Waals surface area contributed by atoms with E-state index in [2.05, 4.69) is 5.32 Å². The van der Waals surface area contributed by atoms with Crippen LogP contribution in [0.5, 0.6) is 0 Å². The van der Waals surface area contributed by atoms with Crippen molar-refractivity contribution in [2.45, 2.75) is 11.8 Å². The Morgan fingerprint density at radius 2 is 1.96 bits per heavy atom. The van der Waals surface area contributed by atoms with Crippen LogP contribution in [0.4, 0.5) is 10.1 Å². The van der Waals surface area contributed by atoms with Gasteiger partial charge in [0, 0.05) is 10.8 Å². The number of anilines is 1. The number of rotatable bonds is 6. The van der Waals surface area contributed by atoms with Gasteiger partial charge in [-0.3, -0.25) is 9.00 Å². The predicted octanol–water partition coefficient (Wildman–Crippen LogP) is 3.40. The van der Waals surface area contributed by atoms with Crippen LogP contribution in [-0.4, -0.2) is 28.4 Å². The highest BCUT2D eigenvalue weighted by atomic mass is 35.5. The van der Waals surface area contributed by atoms with Gasteiger partial charge in [0.1, 0.15) is 5.82 Å². The molecule has 0 aliphatic heterocycles. The topological polar surface area (TPSA) is 72.5 Å². The molecular weight excluding hydrogens is 369 g/mol. The number of halogens is 2. The zero-order valence-electron chi connectivity index (χ0n) is 13.3. The predicted molar refractivity (Wildman–Crippen MR) is 93.7 cm³/mol.